The van der Waals surface area contributed by atoms with Gasteiger partial charge in [0, 0.05) is 16.3 Å². The van der Waals surface area contributed by atoms with Gasteiger partial charge < -0.3 is 4.42 Å². The second-order valence-corrected chi connectivity index (χ2v) is 12.4. The van der Waals surface area contributed by atoms with Gasteiger partial charge in [-0.3, -0.25) is 0 Å². The monoisotopic (exact) mass is 693 g/mol. The van der Waals surface area contributed by atoms with E-state index >= 15 is 0 Å². The third-order valence-electron chi connectivity index (χ3n) is 9.43. The summed E-state index contributed by atoms with van der Waals surface area (Å²) in [6.07, 6.45) is 0. The first-order valence-corrected chi connectivity index (χ1v) is 16.6. The third kappa shape index (κ3) is 4.71. The molecule has 53 heavy (non-hydrogen) atoms. The van der Waals surface area contributed by atoms with Crippen molar-refractivity contribution in [2.24, 2.45) is 0 Å². The van der Waals surface area contributed by atoms with Crippen molar-refractivity contribution in [2.75, 3.05) is 0 Å². The van der Waals surface area contributed by atoms with E-state index < -0.39 is 192 Å². The third-order valence-corrected chi connectivity index (χ3v) is 9.43. The summed E-state index contributed by atoms with van der Waals surface area (Å²) in [6, 6.07) is 2.68. The smallest absolute Gasteiger partial charge is 0.143 e. The fourth-order valence-electron chi connectivity index (χ4n) is 7.11. The molecule has 11 aromatic rings. The highest BCUT2D eigenvalue weighted by atomic mass is 16.3. The van der Waals surface area contributed by atoms with E-state index in [4.69, 9.17) is 22.2 Å². The van der Waals surface area contributed by atoms with Gasteiger partial charge in [0.1, 0.15) is 11.2 Å². The predicted octanol–water partition coefficient (Wildman–Crippen LogP) is 14.9. The zero-order valence-electron chi connectivity index (χ0n) is 48.3. The van der Waals surface area contributed by atoms with E-state index in [0.717, 1.165) is 11.1 Å². The Morgan fingerprint density at radius 1 is 0.358 bits per heavy atom. The Morgan fingerprint density at radius 3 is 1.66 bits per heavy atom. The van der Waals surface area contributed by atoms with Crippen molar-refractivity contribution in [1.29, 1.82) is 0 Å². The first-order valence-electron chi connectivity index (χ1n) is 27.1. The van der Waals surface area contributed by atoms with E-state index in [0.29, 0.717) is 21.9 Å². The summed E-state index contributed by atoms with van der Waals surface area (Å²) in [7, 11) is 0. The van der Waals surface area contributed by atoms with Crippen LogP contribution in [-0.2, 0) is 0 Å². The lowest BCUT2D eigenvalue weighted by molar-refractivity contribution is 0.670. The molecule has 0 saturated heterocycles. The molecule has 0 fully saturated rings. The first kappa shape index (κ1) is 15.7. The molecule has 0 aliphatic heterocycles. The molecule has 246 valence electrons. The van der Waals surface area contributed by atoms with E-state index in [-0.39, 0.29) is 11.1 Å². The number of furan rings is 1. The average Bonchev–Trinajstić information content (AvgIpc) is 3.79. The molecule has 0 unspecified atom stereocenters. The second kappa shape index (κ2) is 11.8. The van der Waals surface area contributed by atoms with Crippen LogP contribution in [0, 0.1) is 0 Å². The zero-order chi connectivity index (χ0) is 53.2. The number of benzene rings is 10. The summed E-state index contributed by atoms with van der Waals surface area (Å²) in [4.78, 5) is 0. The molecule has 0 aliphatic rings. The second-order valence-electron chi connectivity index (χ2n) is 12.4. The van der Waals surface area contributed by atoms with E-state index in [1.165, 1.54) is 6.07 Å². The standard InChI is InChI=1S/C52H32O/c1-2-14-34(15-3-1)40-23-12-24-45-47-32-38(27-28-49(47)53-52(40)45)46-30-36-17-6-7-18-37(36)31-48(46)51-43-21-10-8-19-41(43)50(42-20-9-11-22-44(42)51)39-26-25-33-13-4-5-16-35(33)29-39/h1-32H/i4D,5D,6D,7D,8D,9D,10D,11D,13D,16D,17D,18D,19D,20D,21D,22D,25D,26D,29D,30D,31D. The van der Waals surface area contributed by atoms with Crippen molar-refractivity contribution in [3.05, 3.63) is 194 Å². The maximum absolute atomic E-state index is 10.1. The molecule has 0 atom stereocenters. The Hall–Kier alpha value is -6.96. The minimum Gasteiger partial charge on any atom is -0.455 e. The van der Waals surface area contributed by atoms with Crippen molar-refractivity contribution in [2.45, 2.75) is 0 Å². The summed E-state index contributed by atoms with van der Waals surface area (Å²) >= 11 is 0. The minimum atomic E-state index is -0.894. The molecule has 1 aromatic heterocycles. The van der Waals surface area contributed by atoms with Crippen LogP contribution in [0.25, 0.3) is 110 Å². The Morgan fingerprint density at radius 2 is 0.962 bits per heavy atom. The number of hydrogen-bond donors (Lipinski definition) is 0. The maximum atomic E-state index is 10.1. The van der Waals surface area contributed by atoms with Crippen molar-refractivity contribution in [1.82, 2.24) is 0 Å². The number of rotatable bonds is 4. The lowest BCUT2D eigenvalue weighted by atomic mass is 9.82. The van der Waals surface area contributed by atoms with Crippen LogP contribution in [0.15, 0.2) is 198 Å². The number of hydrogen-bond acceptors (Lipinski definition) is 1. The van der Waals surface area contributed by atoms with Crippen LogP contribution in [0.4, 0.5) is 0 Å². The zero-order valence-corrected chi connectivity index (χ0v) is 27.3. The van der Waals surface area contributed by atoms with Gasteiger partial charge in [0.05, 0.1) is 28.8 Å². The van der Waals surface area contributed by atoms with Crippen LogP contribution in [0.5, 0.6) is 0 Å². The molecule has 1 nitrogen and oxygen atoms in total. The van der Waals surface area contributed by atoms with E-state index in [1.54, 1.807) is 18.2 Å². The van der Waals surface area contributed by atoms with Crippen molar-refractivity contribution in [3.8, 4) is 44.5 Å². The molecule has 10 aromatic carbocycles. The fraction of sp³-hybridized carbons (Fsp3) is 0. The van der Waals surface area contributed by atoms with Gasteiger partial charge in [-0.25, -0.2) is 0 Å². The normalized spacial score (nSPS) is 17.3. The van der Waals surface area contributed by atoms with Crippen LogP contribution >= 0.6 is 0 Å². The molecule has 11 rings (SSSR count). The van der Waals surface area contributed by atoms with Crippen LogP contribution in [0.2, 0.25) is 0 Å². The molecule has 0 bridgehead atoms. The van der Waals surface area contributed by atoms with Crippen LogP contribution in [0.3, 0.4) is 0 Å². The van der Waals surface area contributed by atoms with Gasteiger partial charge in [0.2, 0.25) is 0 Å². The van der Waals surface area contributed by atoms with Gasteiger partial charge in [-0.05, 0) is 112 Å². The van der Waals surface area contributed by atoms with Crippen LogP contribution in [-0.4, -0.2) is 0 Å². The van der Waals surface area contributed by atoms with E-state index in [2.05, 4.69) is 0 Å². The summed E-state index contributed by atoms with van der Waals surface area (Å²) in [5.41, 5.74) is 0.0825. The number of fused-ring (bicyclic) bond motifs is 7. The molecule has 0 radical (unpaired) electrons. The highest BCUT2D eigenvalue weighted by Crippen LogP contribution is 2.48. The van der Waals surface area contributed by atoms with Crippen molar-refractivity contribution in [3.63, 3.8) is 0 Å². The highest BCUT2D eigenvalue weighted by Gasteiger charge is 2.21. The topological polar surface area (TPSA) is 13.1 Å². The minimum absolute atomic E-state index is 0.115. The molecule has 0 aliphatic carbocycles. The quantitative estimate of drug-likeness (QED) is 0.167. The molecule has 1 heteroatoms. The van der Waals surface area contributed by atoms with Gasteiger partial charge in [0.15, 0.2) is 0 Å². The Balaban J connectivity index is 1.42. The molecule has 0 N–H and O–H groups in total. The molecular weight excluding hydrogens is 641 g/mol. The largest absolute Gasteiger partial charge is 0.455 e. The molecule has 0 saturated carbocycles. The van der Waals surface area contributed by atoms with Gasteiger partial charge in [-0.2, -0.15) is 0 Å². The molecule has 1 heterocycles. The predicted molar refractivity (Wildman–Crippen MR) is 225 cm³/mol. The lowest BCUT2D eigenvalue weighted by Crippen LogP contribution is -1.93. The highest BCUT2D eigenvalue weighted by molar-refractivity contribution is 6.23. The summed E-state index contributed by atoms with van der Waals surface area (Å²) < 4.78 is 199. The Labute approximate surface area is 336 Å². The molecular formula is C52H32O. The average molecular weight is 694 g/mol. The van der Waals surface area contributed by atoms with Gasteiger partial charge in [-0.15, -0.1) is 0 Å². The lowest BCUT2D eigenvalue weighted by Gasteiger charge is -2.20. The first-order chi connectivity index (χ1) is 35.0. The van der Waals surface area contributed by atoms with Crippen LogP contribution in [0.1, 0.15) is 28.8 Å². The van der Waals surface area contributed by atoms with Gasteiger partial charge >= 0.3 is 0 Å². The summed E-state index contributed by atoms with van der Waals surface area (Å²) in [6.45, 7) is 0. The SMILES string of the molecule is [2H]c1c([2H])c([2H])c2c([2H])c(-c3c4c([2H])c([2H])c([2H])c([2H])c4c(-c4c(-c5ccc6oc7c(-c8ccccc8)cccc7c6c5)c([2H])c5c([2H])c([2H])c([2H])c([2H])c5c4[2H])c4c([2H])c([2H])c([2H])c([2H])c34)c([2H])c([2H])c2c1[2H]. The van der Waals surface area contributed by atoms with Crippen molar-refractivity contribution < 1.29 is 33.2 Å². The van der Waals surface area contributed by atoms with Crippen molar-refractivity contribution >= 4 is 65.0 Å². The van der Waals surface area contributed by atoms with Gasteiger partial charge in [0.25, 0.3) is 0 Å². The van der Waals surface area contributed by atoms with Gasteiger partial charge in [-0.1, -0.05) is 163 Å². The summed E-state index contributed by atoms with van der Waals surface area (Å²) in [5.74, 6) is 0. The summed E-state index contributed by atoms with van der Waals surface area (Å²) in [5, 5.41) is -3.21. The fourth-order valence-corrected chi connectivity index (χ4v) is 7.11. The Kier molecular flexibility index (Phi) is 3.50. The molecule has 0 spiro atoms. The Bertz CT molecular complexity index is 4350. The van der Waals surface area contributed by atoms with E-state index in [1.807, 2.05) is 42.5 Å². The molecule has 0 amide bonds. The maximum Gasteiger partial charge on any atom is 0.143 e. The van der Waals surface area contributed by atoms with E-state index in [9.17, 15) is 11.0 Å². The number of para-hydroxylation sites is 1. The van der Waals surface area contributed by atoms with Crippen LogP contribution < -0.4 is 0 Å².